The summed E-state index contributed by atoms with van der Waals surface area (Å²) in [7, 11) is -4.66. The number of imidazole rings is 1. The highest BCUT2D eigenvalue weighted by molar-refractivity contribution is 7.55. The van der Waals surface area contributed by atoms with Gasteiger partial charge in [0, 0.05) is 5.56 Å². The highest BCUT2D eigenvalue weighted by Crippen LogP contribution is 2.40. The van der Waals surface area contributed by atoms with Gasteiger partial charge < -0.3 is 20.1 Å². The number of nitrogens with zero attached hydrogens (tertiary/aromatic N) is 3. The van der Waals surface area contributed by atoms with Crippen molar-refractivity contribution in [3.63, 3.8) is 0 Å². The van der Waals surface area contributed by atoms with Crippen LogP contribution in [0.4, 0.5) is 10.3 Å². The Labute approximate surface area is 139 Å². The Bertz CT molecular complexity index is 1080. The van der Waals surface area contributed by atoms with E-state index in [0.29, 0.717) is 5.56 Å². The molecule has 0 unspecified atom stereocenters. The zero-order chi connectivity index (χ0) is 18.2. The van der Waals surface area contributed by atoms with Crippen LogP contribution in [-0.2, 0) is 11.1 Å². The van der Waals surface area contributed by atoms with Gasteiger partial charge in [-0.3, -0.25) is 14.3 Å². The number of nitrogens with two attached hydrogens (primary N) is 1. The molecule has 0 aliphatic carbocycles. The fourth-order valence-corrected chi connectivity index (χ4v) is 2.81. The number of H-pyrrole nitrogens is 1. The van der Waals surface area contributed by atoms with Crippen molar-refractivity contribution in [2.75, 3.05) is 5.73 Å². The monoisotopic (exact) mass is 365 g/mol. The summed E-state index contributed by atoms with van der Waals surface area (Å²) in [5, 5.41) is 0. The summed E-state index contributed by atoms with van der Waals surface area (Å²) in [6.07, 6.45) is 1.35. The van der Waals surface area contributed by atoms with Gasteiger partial charge in [-0.05, 0) is 5.56 Å². The van der Waals surface area contributed by atoms with Gasteiger partial charge in [0.1, 0.15) is 5.83 Å². The smallest absolute Gasteiger partial charge is 0.352 e. The number of benzene rings is 1. The van der Waals surface area contributed by atoms with E-state index in [9.17, 15) is 13.8 Å². The lowest BCUT2D eigenvalue weighted by Gasteiger charge is -2.09. The number of aromatic nitrogens is 4. The third-order valence-corrected chi connectivity index (χ3v) is 3.95. The van der Waals surface area contributed by atoms with E-state index in [2.05, 4.69) is 15.0 Å². The molecule has 5 N–H and O–H groups in total. The Morgan fingerprint density at radius 2 is 2.12 bits per heavy atom. The van der Waals surface area contributed by atoms with Gasteiger partial charge in [0.15, 0.2) is 11.2 Å². The number of anilines is 1. The minimum absolute atomic E-state index is 0.0190. The number of hydrogen-bond donors (Lipinski definition) is 4. The van der Waals surface area contributed by atoms with Gasteiger partial charge in [0.25, 0.3) is 5.56 Å². The van der Waals surface area contributed by atoms with Crippen molar-refractivity contribution < 1.29 is 18.7 Å². The van der Waals surface area contributed by atoms with Crippen LogP contribution in [0.5, 0.6) is 0 Å². The van der Waals surface area contributed by atoms with E-state index in [0.717, 1.165) is 0 Å². The molecule has 9 nitrogen and oxygen atoms in total. The molecule has 0 amide bonds. The normalized spacial score (nSPS) is 12.7. The standard InChI is InChI=1S/C14H13FN5O4P/c15-10(6-25(22,23)24)9-4-2-1-3-8(9)5-20-7-17-11-12(20)18-14(16)19-13(11)21/h1-4,6-7H,5H2,(H2,22,23,24)(H3,16,18,19,21). The molecule has 1 aromatic carbocycles. The van der Waals surface area contributed by atoms with E-state index in [1.54, 1.807) is 18.2 Å². The molecule has 3 aromatic rings. The van der Waals surface area contributed by atoms with Gasteiger partial charge in [-0.25, -0.2) is 9.37 Å². The van der Waals surface area contributed by atoms with Crippen molar-refractivity contribution in [3.8, 4) is 0 Å². The Hall–Kier alpha value is -2.81. The van der Waals surface area contributed by atoms with E-state index < -0.39 is 19.0 Å². The van der Waals surface area contributed by atoms with Crippen molar-refractivity contribution in [1.82, 2.24) is 19.5 Å². The van der Waals surface area contributed by atoms with Crippen LogP contribution in [0.3, 0.4) is 0 Å². The lowest BCUT2D eigenvalue weighted by molar-refractivity contribution is 0.386. The first kappa shape index (κ1) is 17.0. The van der Waals surface area contributed by atoms with Gasteiger partial charge in [-0.15, -0.1) is 0 Å². The molecule has 25 heavy (non-hydrogen) atoms. The quantitative estimate of drug-likeness (QED) is 0.508. The van der Waals surface area contributed by atoms with Crippen molar-refractivity contribution >= 4 is 30.5 Å². The second-order valence-corrected chi connectivity index (χ2v) is 6.66. The molecule has 0 bridgehead atoms. The molecule has 0 aliphatic rings. The van der Waals surface area contributed by atoms with Gasteiger partial charge in [0.05, 0.1) is 18.7 Å². The zero-order valence-electron chi connectivity index (χ0n) is 12.6. The van der Waals surface area contributed by atoms with Gasteiger partial charge in [-0.1, -0.05) is 24.3 Å². The lowest BCUT2D eigenvalue weighted by atomic mass is 10.1. The van der Waals surface area contributed by atoms with E-state index in [-0.39, 0.29) is 35.0 Å². The fraction of sp³-hybridized carbons (Fsp3) is 0.0714. The van der Waals surface area contributed by atoms with Crippen LogP contribution in [0, 0.1) is 0 Å². The summed E-state index contributed by atoms with van der Waals surface area (Å²) >= 11 is 0. The van der Waals surface area contributed by atoms with Crippen molar-refractivity contribution in [3.05, 3.63) is 57.9 Å². The number of fused-ring (bicyclic) bond motifs is 1. The fourth-order valence-electron chi connectivity index (χ4n) is 2.38. The topological polar surface area (TPSA) is 147 Å². The van der Waals surface area contributed by atoms with Crippen molar-refractivity contribution in [2.45, 2.75) is 6.54 Å². The molecule has 0 fully saturated rings. The first-order valence-electron chi connectivity index (χ1n) is 6.97. The molecule has 0 radical (unpaired) electrons. The van der Waals surface area contributed by atoms with E-state index >= 15 is 0 Å². The lowest BCUT2D eigenvalue weighted by Crippen LogP contribution is -2.12. The minimum atomic E-state index is -4.66. The number of hydrogen-bond acceptors (Lipinski definition) is 5. The maximum Gasteiger partial charge on any atom is 0.352 e. The van der Waals surface area contributed by atoms with Crippen molar-refractivity contribution in [2.24, 2.45) is 0 Å². The zero-order valence-corrected chi connectivity index (χ0v) is 13.5. The van der Waals surface area contributed by atoms with E-state index in [1.807, 2.05) is 0 Å². The largest absolute Gasteiger partial charge is 0.369 e. The second-order valence-electron chi connectivity index (χ2n) is 5.22. The maximum absolute atomic E-state index is 14.2. The molecule has 0 spiro atoms. The molecule has 2 aromatic heterocycles. The van der Waals surface area contributed by atoms with Crippen LogP contribution in [0.1, 0.15) is 11.1 Å². The van der Waals surface area contributed by atoms with Crippen LogP contribution in [0.2, 0.25) is 0 Å². The molecule has 0 saturated carbocycles. The molecule has 11 heteroatoms. The summed E-state index contributed by atoms with van der Waals surface area (Å²) in [6.45, 7) is 0.0744. The number of nitrogens with one attached hydrogen (secondary N) is 1. The third-order valence-electron chi connectivity index (χ3n) is 3.39. The van der Waals surface area contributed by atoms with E-state index in [4.69, 9.17) is 15.5 Å². The molecule has 0 atom stereocenters. The summed E-state index contributed by atoms with van der Waals surface area (Å²) in [6, 6.07) is 6.17. The number of nitrogen functional groups attached to an aromatic ring is 1. The van der Waals surface area contributed by atoms with Gasteiger partial charge in [-0.2, -0.15) is 4.98 Å². The molecule has 130 valence electrons. The molecule has 2 heterocycles. The predicted octanol–water partition coefficient (Wildman–Crippen LogP) is 1.20. The second kappa shape index (κ2) is 6.25. The molecule has 0 saturated heterocycles. The SMILES string of the molecule is Nc1nc2c(ncn2Cc2ccccc2C(F)=CP(=O)(O)O)c(=O)[nH]1. The molecular formula is C14H13FN5O4P. The average molecular weight is 365 g/mol. The predicted molar refractivity (Wildman–Crippen MR) is 89.2 cm³/mol. The number of aromatic amines is 1. The summed E-state index contributed by atoms with van der Waals surface area (Å²) in [5.74, 6) is -0.863. The van der Waals surface area contributed by atoms with Crippen molar-refractivity contribution in [1.29, 1.82) is 0 Å². The maximum atomic E-state index is 14.2. The van der Waals surface area contributed by atoms with Crippen LogP contribution < -0.4 is 11.3 Å². The molecule has 3 rings (SSSR count). The summed E-state index contributed by atoms with van der Waals surface area (Å²) in [5.41, 5.74) is 5.77. The minimum Gasteiger partial charge on any atom is -0.369 e. The van der Waals surface area contributed by atoms with Gasteiger partial charge in [0.2, 0.25) is 5.95 Å². The van der Waals surface area contributed by atoms with Crippen LogP contribution in [-0.4, -0.2) is 29.3 Å². The van der Waals surface area contributed by atoms with Crippen LogP contribution in [0.15, 0.2) is 41.2 Å². The highest BCUT2D eigenvalue weighted by Gasteiger charge is 2.16. The highest BCUT2D eigenvalue weighted by atomic mass is 31.2. The molecule has 0 aliphatic heterocycles. The van der Waals surface area contributed by atoms with Gasteiger partial charge >= 0.3 is 7.60 Å². The summed E-state index contributed by atoms with van der Waals surface area (Å²) in [4.78, 5) is 39.9. The molecular weight excluding hydrogens is 352 g/mol. The third kappa shape index (κ3) is 3.66. The Kier molecular flexibility index (Phi) is 4.25. The van der Waals surface area contributed by atoms with Crippen LogP contribution in [0.25, 0.3) is 17.0 Å². The van der Waals surface area contributed by atoms with E-state index in [1.165, 1.54) is 17.0 Å². The first-order valence-corrected chi connectivity index (χ1v) is 8.65. The Morgan fingerprint density at radius 1 is 1.40 bits per heavy atom. The Morgan fingerprint density at radius 3 is 2.84 bits per heavy atom. The number of rotatable bonds is 4. The average Bonchev–Trinajstić information content (AvgIpc) is 2.89. The van der Waals surface area contributed by atoms with Crippen LogP contribution >= 0.6 is 7.60 Å². The Balaban J connectivity index is 2.07. The first-order chi connectivity index (χ1) is 11.7. The summed E-state index contributed by atoms with van der Waals surface area (Å²) < 4.78 is 26.7. The number of halogens is 1.